The van der Waals surface area contributed by atoms with Gasteiger partial charge >= 0.3 is 0 Å². The summed E-state index contributed by atoms with van der Waals surface area (Å²) in [6, 6.07) is 0. The molecule has 0 fully saturated rings. The monoisotopic (exact) mass is 300 g/mol. The van der Waals surface area contributed by atoms with E-state index in [4.69, 9.17) is 4.74 Å². The van der Waals surface area contributed by atoms with Crippen molar-refractivity contribution in [3.05, 3.63) is 0 Å². The van der Waals surface area contributed by atoms with Crippen molar-refractivity contribution in [1.29, 1.82) is 0 Å². The van der Waals surface area contributed by atoms with Crippen molar-refractivity contribution >= 4 is 11.9 Å². The molecule has 0 saturated carbocycles. The molecule has 0 aliphatic heterocycles. The number of amides is 1. The Morgan fingerprint density at radius 2 is 1.86 bits per heavy atom. The van der Waals surface area contributed by atoms with Gasteiger partial charge in [0.15, 0.2) is 5.96 Å². The molecule has 1 amide bonds. The number of unbranched alkanes of at least 4 members (excludes halogenated alkanes) is 1. The third-order valence-corrected chi connectivity index (χ3v) is 2.83. The van der Waals surface area contributed by atoms with E-state index in [-0.39, 0.29) is 5.91 Å². The molecule has 0 aliphatic rings. The Morgan fingerprint density at radius 1 is 1.14 bits per heavy atom. The molecule has 0 unspecified atom stereocenters. The van der Waals surface area contributed by atoms with Gasteiger partial charge in [-0.25, -0.2) is 0 Å². The van der Waals surface area contributed by atoms with Crippen molar-refractivity contribution in [2.45, 2.75) is 39.5 Å². The molecule has 0 bridgehead atoms. The molecule has 124 valence electrons. The zero-order chi connectivity index (χ0) is 15.9. The summed E-state index contributed by atoms with van der Waals surface area (Å²) in [4.78, 5) is 17.5. The lowest BCUT2D eigenvalue weighted by Crippen LogP contribution is -2.39. The average molecular weight is 300 g/mol. The standard InChI is InChI=1S/C15H32N4O2/c1-5-7-12-21-13-8-10-17-15(16-6-2)18-11-9-14(20)19(3)4/h5-13H2,1-4H3,(H2,16,17,18). The Balaban J connectivity index is 3.83. The molecule has 0 spiro atoms. The quantitative estimate of drug-likeness (QED) is 0.342. The first-order valence-electron chi connectivity index (χ1n) is 7.91. The molecule has 0 aromatic rings. The fraction of sp³-hybridized carbons (Fsp3) is 0.867. The minimum atomic E-state index is 0.114. The van der Waals surface area contributed by atoms with Gasteiger partial charge < -0.3 is 20.3 Å². The molecule has 6 heteroatoms. The number of guanidine groups is 1. The van der Waals surface area contributed by atoms with Crippen LogP contribution in [0.4, 0.5) is 0 Å². The number of carbonyl (C=O) groups excluding carboxylic acids is 1. The highest BCUT2D eigenvalue weighted by molar-refractivity contribution is 5.81. The van der Waals surface area contributed by atoms with E-state index in [9.17, 15) is 4.79 Å². The minimum Gasteiger partial charge on any atom is -0.381 e. The van der Waals surface area contributed by atoms with Gasteiger partial charge in [0.25, 0.3) is 0 Å². The van der Waals surface area contributed by atoms with Crippen molar-refractivity contribution in [3.8, 4) is 0 Å². The number of rotatable bonds is 11. The van der Waals surface area contributed by atoms with E-state index in [1.807, 2.05) is 6.92 Å². The van der Waals surface area contributed by atoms with Gasteiger partial charge in [0.05, 0.1) is 0 Å². The van der Waals surface area contributed by atoms with Crippen LogP contribution >= 0.6 is 0 Å². The lowest BCUT2D eigenvalue weighted by molar-refractivity contribution is -0.128. The number of ether oxygens (including phenoxy) is 1. The fourth-order valence-electron chi connectivity index (χ4n) is 1.56. The van der Waals surface area contributed by atoms with Crippen LogP contribution in [0.3, 0.4) is 0 Å². The van der Waals surface area contributed by atoms with E-state index in [1.54, 1.807) is 19.0 Å². The molecule has 0 saturated heterocycles. The summed E-state index contributed by atoms with van der Waals surface area (Å²) in [5, 5.41) is 6.34. The Kier molecular flexibility index (Phi) is 12.8. The Hall–Kier alpha value is -1.30. The SMILES string of the molecule is CCCCOCCCN=C(NCC)NCCC(=O)N(C)C. The summed E-state index contributed by atoms with van der Waals surface area (Å²) in [5.41, 5.74) is 0. The summed E-state index contributed by atoms with van der Waals surface area (Å²) in [7, 11) is 3.53. The van der Waals surface area contributed by atoms with E-state index in [0.717, 1.165) is 51.5 Å². The molecule has 0 aromatic heterocycles. The summed E-state index contributed by atoms with van der Waals surface area (Å²) < 4.78 is 5.49. The molecule has 6 nitrogen and oxygen atoms in total. The predicted molar refractivity (Wildman–Crippen MR) is 87.6 cm³/mol. The van der Waals surface area contributed by atoms with Crippen LogP contribution in [-0.4, -0.2) is 63.7 Å². The van der Waals surface area contributed by atoms with Crippen LogP contribution in [0, 0.1) is 0 Å². The van der Waals surface area contributed by atoms with Crippen LogP contribution < -0.4 is 10.6 Å². The first-order chi connectivity index (χ1) is 10.1. The van der Waals surface area contributed by atoms with Crippen LogP contribution in [0.5, 0.6) is 0 Å². The number of nitrogens with one attached hydrogen (secondary N) is 2. The van der Waals surface area contributed by atoms with Crippen molar-refractivity contribution in [2.75, 3.05) is 46.9 Å². The van der Waals surface area contributed by atoms with Crippen LogP contribution in [0.1, 0.15) is 39.5 Å². The predicted octanol–water partition coefficient (Wildman–Crippen LogP) is 1.23. The van der Waals surface area contributed by atoms with Gasteiger partial charge in [0.1, 0.15) is 0 Å². The first kappa shape index (κ1) is 19.7. The van der Waals surface area contributed by atoms with Crippen molar-refractivity contribution in [1.82, 2.24) is 15.5 Å². The summed E-state index contributed by atoms with van der Waals surface area (Å²) in [6.45, 7) is 7.89. The van der Waals surface area contributed by atoms with Crippen molar-refractivity contribution in [3.63, 3.8) is 0 Å². The molecule has 0 heterocycles. The molecule has 2 N–H and O–H groups in total. The van der Waals surface area contributed by atoms with Crippen molar-refractivity contribution < 1.29 is 9.53 Å². The number of carbonyl (C=O) groups is 1. The maximum atomic E-state index is 11.5. The summed E-state index contributed by atoms with van der Waals surface area (Å²) >= 11 is 0. The van der Waals surface area contributed by atoms with Gasteiger partial charge in [0.2, 0.25) is 5.91 Å². The van der Waals surface area contributed by atoms with E-state index in [2.05, 4.69) is 22.5 Å². The molecule has 0 radical (unpaired) electrons. The summed E-state index contributed by atoms with van der Waals surface area (Å²) in [5.74, 6) is 0.875. The maximum Gasteiger partial charge on any atom is 0.223 e. The largest absolute Gasteiger partial charge is 0.381 e. The van der Waals surface area contributed by atoms with Crippen molar-refractivity contribution in [2.24, 2.45) is 4.99 Å². The van der Waals surface area contributed by atoms with Gasteiger partial charge in [-0.2, -0.15) is 0 Å². The zero-order valence-electron chi connectivity index (χ0n) is 14.1. The molecular weight excluding hydrogens is 268 g/mol. The lowest BCUT2D eigenvalue weighted by atomic mass is 10.4. The third-order valence-electron chi connectivity index (χ3n) is 2.83. The normalized spacial score (nSPS) is 11.3. The van der Waals surface area contributed by atoms with Gasteiger partial charge in [-0.15, -0.1) is 0 Å². The van der Waals surface area contributed by atoms with E-state index >= 15 is 0 Å². The second-order valence-corrected chi connectivity index (χ2v) is 5.05. The molecule has 0 rings (SSSR count). The molecule has 0 aliphatic carbocycles. The zero-order valence-corrected chi connectivity index (χ0v) is 14.1. The number of hydrogen-bond acceptors (Lipinski definition) is 3. The number of aliphatic imine (C=N–C) groups is 1. The second kappa shape index (κ2) is 13.7. The van der Waals surface area contributed by atoms with Crippen LogP contribution in [0.25, 0.3) is 0 Å². The molecular formula is C15H32N4O2. The number of nitrogens with zero attached hydrogens (tertiary/aromatic N) is 2. The Labute approximate surface area is 129 Å². The lowest BCUT2D eigenvalue weighted by Gasteiger charge is -2.13. The Morgan fingerprint density at radius 3 is 2.48 bits per heavy atom. The van der Waals surface area contributed by atoms with Gasteiger partial charge in [0, 0.05) is 53.4 Å². The molecule has 0 aromatic carbocycles. The van der Waals surface area contributed by atoms with E-state index in [1.165, 1.54) is 0 Å². The third kappa shape index (κ3) is 12.2. The highest BCUT2D eigenvalue weighted by Crippen LogP contribution is 1.90. The summed E-state index contributed by atoms with van der Waals surface area (Å²) in [6.07, 6.45) is 3.67. The topological polar surface area (TPSA) is 66.0 Å². The average Bonchev–Trinajstić information content (AvgIpc) is 2.45. The fourth-order valence-corrected chi connectivity index (χ4v) is 1.56. The highest BCUT2D eigenvalue weighted by Gasteiger charge is 2.04. The van der Waals surface area contributed by atoms with Gasteiger partial charge in [-0.05, 0) is 19.8 Å². The van der Waals surface area contributed by atoms with Crippen LogP contribution in [0.15, 0.2) is 4.99 Å². The van der Waals surface area contributed by atoms with Crippen LogP contribution in [-0.2, 0) is 9.53 Å². The van der Waals surface area contributed by atoms with E-state index in [0.29, 0.717) is 13.0 Å². The second-order valence-electron chi connectivity index (χ2n) is 5.05. The first-order valence-corrected chi connectivity index (χ1v) is 7.91. The minimum absolute atomic E-state index is 0.114. The smallest absolute Gasteiger partial charge is 0.223 e. The van der Waals surface area contributed by atoms with Gasteiger partial charge in [-0.1, -0.05) is 13.3 Å². The Bertz CT molecular complexity index is 293. The molecule has 21 heavy (non-hydrogen) atoms. The highest BCUT2D eigenvalue weighted by atomic mass is 16.5. The van der Waals surface area contributed by atoms with Crippen LogP contribution in [0.2, 0.25) is 0 Å². The maximum absolute atomic E-state index is 11.5. The molecule has 0 atom stereocenters. The number of hydrogen-bond donors (Lipinski definition) is 2. The van der Waals surface area contributed by atoms with Gasteiger partial charge in [-0.3, -0.25) is 9.79 Å². The van der Waals surface area contributed by atoms with E-state index < -0.39 is 0 Å².